The van der Waals surface area contributed by atoms with Crippen LogP contribution in [0, 0.1) is 6.92 Å². The number of aryl methyl sites for hydroxylation is 1. The molecule has 10 nitrogen and oxygen atoms in total. The van der Waals surface area contributed by atoms with Gasteiger partial charge in [-0.3, -0.25) is 19.0 Å². The monoisotopic (exact) mass is 406 g/mol. The number of aromatic amines is 1. The zero-order valence-corrected chi connectivity index (χ0v) is 16.0. The summed E-state index contributed by atoms with van der Waals surface area (Å²) in [4.78, 5) is 48.3. The number of nitrogens with one attached hydrogen (secondary N) is 2. The first-order valence-electron chi connectivity index (χ1n) is 9.09. The van der Waals surface area contributed by atoms with E-state index in [1.807, 2.05) is 0 Å². The Morgan fingerprint density at radius 2 is 2.10 bits per heavy atom. The number of aromatic nitrogens is 4. The van der Waals surface area contributed by atoms with Gasteiger partial charge in [-0.25, -0.2) is 9.97 Å². The van der Waals surface area contributed by atoms with Crippen molar-refractivity contribution in [1.82, 2.24) is 24.8 Å². The van der Waals surface area contributed by atoms with Crippen LogP contribution in [0.3, 0.4) is 0 Å². The van der Waals surface area contributed by atoms with E-state index in [4.69, 9.17) is 10.2 Å². The molecule has 0 aliphatic carbocycles. The number of nitrogens with two attached hydrogens (primary N) is 1. The molecule has 0 bridgehead atoms. The molecule has 4 aromatic heterocycles. The van der Waals surface area contributed by atoms with Crippen molar-refractivity contribution in [2.24, 2.45) is 5.73 Å². The van der Waals surface area contributed by atoms with Crippen LogP contribution in [0.4, 0.5) is 0 Å². The molecular formula is C20H18N6O4. The highest BCUT2D eigenvalue weighted by molar-refractivity contribution is 6.38. The molecule has 0 fully saturated rings. The molecule has 4 rings (SSSR count). The van der Waals surface area contributed by atoms with E-state index >= 15 is 0 Å². The van der Waals surface area contributed by atoms with Crippen molar-refractivity contribution in [2.45, 2.75) is 19.4 Å². The summed E-state index contributed by atoms with van der Waals surface area (Å²) in [5.41, 5.74) is 6.62. The average Bonchev–Trinajstić information content (AvgIpc) is 3.44. The van der Waals surface area contributed by atoms with E-state index in [0.29, 0.717) is 22.9 Å². The lowest BCUT2D eigenvalue weighted by Crippen LogP contribution is -2.47. The zero-order chi connectivity index (χ0) is 21.3. The summed E-state index contributed by atoms with van der Waals surface area (Å²) < 4.78 is 6.83. The Bertz CT molecular complexity index is 1240. The van der Waals surface area contributed by atoms with Gasteiger partial charge in [0.15, 0.2) is 0 Å². The summed E-state index contributed by atoms with van der Waals surface area (Å²) in [6.45, 7) is 1.73. The number of ketones is 1. The number of hydrogen-bond acceptors (Lipinski definition) is 6. The molecular weight excluding hydrogens is 388 g/mol. The maximum absolute atomic E-state index is 13.0. The van der Waals surface area contributed by atoms with Crippen LogP contribution >= 0.6 is 0 Å². The highest BCUT2D eigenvalue weighted by Crippen LogP contribution is 2.21. The fraction of sp³-hybridized carbons (Fsp3) is 0.150. The third-order valence-electron chi connectivity index (χ3n) is 4.73. The number of H-pyrrole nitrogens is 1. The second-order valence-corrected chi connectivity index (χ2v) is 6.65. The minimum atomic E-state index is -1.16. The molecule has 0 saturated heterocycles. The predicted octanol–water partition coefficient (Wildman–Crippen LogP) is 1.05. The Morgan fingerprint density at radius 1 is 1.27 bits per heavy atom. The van der Waals surface area contributed by atoms with Gasteiger partial charge in [-0.1, -0.05) is 6.07 Å². The molecule has 4 aromatic rings. The van der Waals surface area contributed by atoms with Crippen molar-refractivity contribution in [3.8, 4) is 5.82 Å². The summed E-state index contributed by atoms with van der Waals surface area (Å²) in [5, 5.41) is 3.36. The molecule has 0 aliphatic heterocycles. The van der Waals surface area contributed by atoms with Gasteiger partial charge >= 0.3 is 0 Å². The number of fused-ring (bicyclic) bond motifs is 1. The van der Waals surface area contributed by atoms with Gasteiger partial charge in [0.05, 0.1) is 12.5 Å². The number of primary amides is 1. The molecule has 1 unspecified atom stereocenters. The van der Waals surface area contributed by atoms with Crippen molar-refractivity contribution in [1.29, 1.82) is 0 Å². The maximum Gasteiger partial charge on any atom is 0.287 e. The SMILES string of the molecule is Cc1ncc(C(=O)NC(Cc2c[nH]c3occc23)C(=O)C(N)=O)n1-c1ccccn1. The molecule has 10 heteroatoms. The van der Waals surface area contributed by atoms with Gasteiger partial charge in [0.2, 0.25) is 11.5 Å². The van der Waals surface area contributed by atoms with E-state index in [2.05, 4.69) is 20.3 Å². The first kappa shape index (κ1) is 19.1. The molecule has 0 aromatic carbocycles. The number of amides is 2. The highest BCUT2D eigenvalue weighted by atomic mass is 16.3. The number of pyridine rings is 1. The van der Waals surface area contributed by atoms with Crippen molar-refractivity contribution >= 4 is 28.7 Å². The molecule has 0 spiro atoms. The molecule has 152 valence electrons. The molecule has 0 radical (unpaired) electrons. The first-order valence-corrected chi connectivity index (χ1v) is 9.09. The molecule has 30 heavy (non-hydrogen) atoms. The lowest BCUT2D eigenvalue weighted by atomic mass is 10.0. The van der Waals surface area contributed by atoms with E-state index in [1.54, 1.807) is 48.1 Å². The van der Waals surface area contributed by atoms with Crippen LogP contribution < -0.4 is 11.1 Å². The average molecular weight is 406 g/mol. The van der Waals surface area contributed by atoms with Crippen molar-refractivity contribution in [3.05, 3.63) is 66.2 Å². The van der Waals surface area contributed by atoms with E-state index in [0.717, 1.165) is 5.39 Å². The van der Waals surface area contributed by atoms with Gasteiger partial charge in [-0.05, 0) is 30.7 Å². The smallest absolute Gasteiger partial charge is 0.287 e. The van der Waals surface area contributed by atoms with E-state index < -0.39 is 23.6 Å². The maximum atomic E-state index is 13.0. The fourth-order valence-electron chi connectivity index (χ4n) is 3.29. The number of carbonyl (C=O) groups is 3. The van der Waals surface area contributed by atoms with Crippen LogP contribution in [0.2, 0.25) is 0 Å². The number of carbonyl (C=O) groups excluding carboxylic acids is 3. The number of hydrogen-bond donors (Lipinski definition) is 3. The summed E-state index contributed by atoms with van der Waals surface area (Å²) in [6.07, 6.45) is 6.20. The van der Waals surface area contributed by atoms with Crippen LogP contribution in [-0.2, 0) is 16.0 Å². The van der Waals surface area contributed by atoms with Gasteiger partial charge in [0, 0.05) is 24.2 Å². The topological polar surface area (TPSA) is 149 Å². The standard InChI is InChI=1S/C20H18N6O4/c1-11-23-10-15(26(11)16-4-2-3-6-22-16)19(29)25-14(17(27)18(21)28)8-12-9-24-20-13(12)5-7-30-20/h2-7,9-10,14,24H,8H2,1H3,(H2,21,28)(H,25,29). The van der Waals surface area contributed by atoms with Gasteiger partial charge in [-0.15, -0.1) is 0 Å². The Labute approximate surface area is 170 Å². The number of Topliss-reactive ketones (excluding diaryl/α,β-unsaturated/α-hetero) is 1. The largest absolute Gasteiger partial charge is 0.448 e. The molecule has 1 atom stereocenters. The van der Waals surface area contributed by atoms with Gasteiger partial charge in [0.25, 0.3) is 11.8 Å². The molecule has 2 amide bonds. The third kappa shape index (κ3) is 3.46. The summed E-state index contributed by atoms with van der Waals surface area (Å²) in [6, 6.07) is 5.84. The van der Waals surface area contributed by atoms with Crippen LogP contribution in [0.15, 0.2) is 53.5 Å². The first-order chi connectivity index (χ1) is 14.5. The third-order valence-corrected chi connectivity index (χ3v) is 4.73. The van der Waals surface area contributed by atoms with Gasteiger partial charge < -0.3 is 20.5 Å². The lowest BCUT2D eigenvalue weighted by Gasteiger charge is -2.16. The van der Waals surface area contributed by atoms with Crippen molar-refractivity contribution in [2.75, 3.05) is 0 Å². The van der Waals surface area contributed by atoms with Crippen molar-refractivity contribution < 1.29 is 18.8 Å². The summed E-state index contributed by atoms with van der Waals surface area (Å²) >= 11 is 0. The summed E-state index contributed by atoms with van der Waals surface area (Å²) in [5.74, 6) is -1.57. The number of imidazole rings is 1. The zero-order valence-electron chi connectivity index (χ0n) is 16.0. The minimum Gasteiger partial charge on any atom is -0.448 e. The molecule has 0 aliphatic rings. The Kier molecular flexibility index (Phi) is 4.88. The molecule has 4 N–H and O–H groups in total. The molecule has 0 saturated carbocycles. The Balaban J connectivity index is 1.64. The normalized spacial score (nSPS) is 12.0. The van der Waals surface area contributed by atoms with E-state index in [1.165, 1.54) is 12.5 Å². The summed E-state index contributed by atoms with van der Waals surface area (Å²) in [7, 11) is 0. The number of furan rings is 1. The number of rotatable bonds is 7. The quantitative estimate of drug-likeness (QED) is 0.391. The minimum absolute atomic E-state index is 0.0593. The fourth-order valence-corrected chi connectivity index (χ4v) is 3.29. The second-order valence-electron chi connectivity index (χ2n) is 6.65. The van der Waals surface area contributed by atoms with Crippen molar-refractivity contribution in [3.63, 3.8) is 0 Å². The van der Waals surface area contributed by atoms with Crippen LogP contribution in [0.25, 0.3) is 16.9 Å². The van der Waals surface area contributed by atoms with Crippen LogP contribution in [0.5, 0.6) is 0 Å². The van der Waals surface area contributed by atoms with Gasteiger partial charge in [0.1, 0.15) is 23.4 Å². The highest BCUT2D eigenvalue weighted by Gasteiger charge is 2.28. The Morgan fingerprint density at radius 3 is 2.83 bits per heavy atom. The number of nitrogens with zero attached hydrogens (tertiary/aromatic N) is 3. The second kappa shape index (κ2) is 7.66. The van der Waals surface area contributed by atoms with Gasteiger partial charge in [-0.2, -0.15) is 0 Å². The van der Waals surface area contributed by atoms with E-state index in [9.17, 15) is 14.4 Å². The van der Waals surface area contributed by atoms with Crippen LogP contribution in [0.1, 0.15) is 21.9 Å². The lowest BCUT2D eigenvalue weighted by molar-refractivity contribution is -0.137. The molecule has 4 heterocycles. The Hall–Kier alpha value is -4.21. The van der Waals surface area contributed by atoms with E-state index in [-0.39, 0.29) is 12.1 Å². The predicted molar refractivity (Wildman–Crippen MR) is 106 cm³/mol. The van der Waals surface area contributed by atoms with Crippen LogP contribution in [-0.4, -0.2) is 43.2 Å².